The Hall–Kier alpha value is -1.77. The van der Waals surface area contributed by atoms with Crippen molar-refractivity contribution in [2.24, 2.45) is 0 Å². The van der Waals surface area contributed by atoms with Gasteiger partial charge in [0.2, 0.25) is 5.91 Å². The maximum absolute atomic E-state index is 11.2. The highest BCUT2D eigenvalue weighted by molar-refractivity contribution is 5.92. The summed E-state index contributed by atoms with van der Waals surface area (Å²) in [5.74, 6) is -0.0820. The third kappa shape index (κ3) is 3.77. The molecule has 0 atom stereocenters. The van der Waals surface area contributed by atoms with E-state index < -0.39 is 0 Å². The molecule has 0 bridgehead atoms. The van der Waals surface area contributed by atoms with Crippen LogP contribution in [0.1, 0.15) is 6.92 Å². The largest absolute Gasteiger partial charge is 0.373 e. The molecule has 0 saturated heterocycles. The van der Waals surface area contributed by atoms with E-state index in [2.05, 4.69) is 16.8 Å². The van der Waals surface area contributed by atoms with Crippen molar-refractivity contribution in [2.75, 3.05) is 25.0 Å². The molecule has 0 aliphatic heterocycles. The van der Waals surface area contributed by atoms with Gasteiger partial charge in [0, 0.05) is 31.4 Å². The highest BCUT2D eigenvalue weighted by Gasteiger charge is 2.02. The monoisotopic (exact) mass is 218 g/mol. The van der Waals surface area contributed by atoms with E-state index in [0.717, 1.165) is 12.2 Å². The number of carbonyl (C=O) groups excluding carboxylic acids is 1. The first-order valence-electron chi connectivity index (χ1n) is 5.31. The summed E-state index contributed by atoms with van der Waals surface area (Å²) in [5.41, 5.74) is 1.69. The van der Waals surface area contributed by atoms with Crippen molar-refractivity contribution >= 4 is 11.6 Å². The second-order valence-corrected chi connectivity index (χ2v) is 3.79. The van der Waals surface area contributed by atoms with Gasteiger partial charge in [0.25, 0.3) is 0 Å². The quantitative estimate of drug-likeness (QED) is 0.764. The van der Waals surface area contributed by atoms with Crippen LogP contribution in [0.5, 0.6) is 0 Å². The molecule has 0 spiro atoms. The van der Waals surface area contributed by atoms with Crippen LogP contribution in [0, 0.1) is 0 Å². The summed E-state index contributed by atoms with van der Waals surface area (Å²) in [6.45, 7) is 6.69. The zero-order chi connectivity index (χ0) is 12.0. The molecule has 0 aliphatic rings. The zero-order valence-electron chi connectivity index (χ0n) is 9.86. The molecule has 86 valence electrons. The van der Waals surface area contributed by atoms with Crippen molar-refractivity contribution in [1.82, 2.24) is 5.32 Å². The van der Waals surface area contributed by atoms with Crippen molar-refractivity contribution in [1.29, 1.82) is 0 Å². The van der Waals surface area contributed by atoms with Crippen molar-refractivity contribution in [3.63, 3.8) is 0 Å². The Bertz CT molecular complexity index is 359. The van der Waals surface area contributed by atoms with Gasteiger partial charge >= 0.3 is 0 Å². The second-order valence-electron chi connectivity index (χ2n) is 3.79. The Morgan fingerprint density at radius 3 is 2.56 bits per heavy atom. The lowest BCUT2D eigenvalue weighted by Crippen LogP contribution is -2.33. The van der Waals surface area contributed by atoms with E-state index in [0.29, 0.717) is 12.1 Å². The Balaban J connectivity index is 2.34. The molecule has 0 radical (unpaired) electrons. The van der Waals surface area contributed by atoms with E-state index >= 15 is 0 Å². The number of hydrogen-bond donors (Lipinski definition) is 1. The smallest absolute Gasteiger partial charge is 0.246 e. The molecule has 3 heteroatoms. The van der Waals surface area contributed by atoms with E-state index in [9.17, 15) is 4.79 Å². The van der Waals surface area contributed by atoms with Crippen molar-refractivity contribution in [3.05, 3.63) is 42.5 Å². The molecular formula is C13H18N2O. The number of benzene rings is 1. The Kier molecular flexibility index (Phi) is 4.58. The molecule has 1 amide bonds. The number of amides is 1. The predicted octanol–water partition coefficient (Wildman–Crippen LogP) is 1.82. The van der Waals surface area contributed by atoms with Gasteiger partial charge in [-0.15, -0.1) is 0 Å². The summed E-state index contributed by atoms with van der Waals surface area (Å²) in [4.78, 5) is 13.3. The molecule has 1 aromatic rings. The summed E-state index contributed by atoms with van der Waals surface area (Å²) in [6, 6.07) is 10.1. The van der Waals surface area contributed by atoms with Crippen LogP contribution in [0.2, 0.25) is 0 Å². The number of para-hydroxylation sites is 1. The summed E-state index contributed by atoms with van der Waals surface area (Å²) in [7, 11) is 2.00. The van der Waals surface area contributed by atoms with E-state index in [-0.39, 0.29) is 5.91 Å². The van der Waals surface area contributed by atoms with Crippen molar-refractivity contribution < 1.29 is 4.79 Å². The first kappa shape index (κ1) is 12.3. The average molecular weight is 218 g/mol. The van der Waals surface area contributed by atoms with Gasteiger partial charge in [-0.1, -0.05) is 24.8 Å². The van der Waals surface area contributed by atoms with Gasteiger partial charge in [0.1, 0.15) is 0 Å². The number of anilines is 1. The number of nitrogens with one attached hydrogen (secondary N) is 1. The van der Waals surface area contributed by atoms with Gasteiger partial charge in [0.05, 0.1) is 0 Å². The lowest BCUT2D eigenvalue weighted by Gasteiger charge is -2.19. The number of rotatable bonds is 5. The lowest BCUT2D eigenvalue weighted by molar-refractivity contribution is -0.117. The van der Waals surface area contributed by atoms with Gasteiger partial charge in [-0.25, -0.2) is 0 Å². The van der Waals surface area contributed by atoms with Crippen molar-refractivity contribution in [3.8, 4) is 0 Å². The molecule has 16 heavy (non-hydrogen) atoms. The number of hydrogen-bond acceptors (Lipinski definition) is 2. The summed E-state index contributed by atoms with van der Waals surface area (Å²) in [5, 5.41) is 2.80. The van der Waals surface area contributed by atoms with Gasteiger partial charge in [0.15, 0.2) is 0 Å². The predicted molar refractivity (Wildman–Crippen MR) is 67.5 cm³/mol. The standard InChI is InChI=1S/C13H18N2O/c1-11(2)13(16)14-9-10-15(3)12-7-5-4-6-8-12/h4-8H,1,9-10H2,2-3H3,(H,14,16). The van der Waals surface area contributed by atoms with Crippen LogP contribution in [-0.2, 0) is 4.79 Å². The van der Waals surface area contributed by atoms with Crippen LogP contribution in [0.25, 0.3) is 0 Å². The van der Waals surface area contributed by atoms with Crippen LogP contribution in [0.3, 0.4) is 0 Å². The van der Waals surface area contributed by atoms with E-state index in [1.807, 2.05) is 37.4 Å². The van der Waals surface area contributed by atoms with E-state index in [1.165, 1.54) is 0 Å². The van der Waals surface area contributed by atoms with Gasteiger partial charge in [-0.3, -0.25) is 4.79 Å². The van der Waals surface area contributed by atoms with E-state index in [4.69, 9.17) is 0 Å². The van der Waals surface area contributed by atoms with Crippen LogP contribution >= 0.6 is 0 Å². The second kappa shape index (κ2) is 5.95. The minimum Gasteiger partial charge on any atom is -0.373 e. The number of carbonyl (C=O) groups is 1. The Labute approximate surface area is 96.8 Å². The number of nitrogens with zero attached hydrogens (tertiary/aromatic N) is 1. The SMILES string of the molecule is C=C(C)C(=O)NCCN(C)c1ccccc1. The fourth-order valence-corrected chi connectivity index (χ4v) is 1.30. The summed E-state index contributed by atoms with van der Waals surface area (Å²) in [6.07, 6.45) is 0. The Morgan fingerprint density at radius 1 is 1.38 bits per heavy atom. The van der Waals surface area contributed by atoms with Gasteiger partial charge < -0.3 is 10.2 Å². The molecule has 1 rings (SSSR count). The molecule has 1 aromatic carbocycles. The highest BCUT2D eigenvalue weighted by atomic mass is 16.1. The minimum atomic E-state index is -0.0820. The third-order valence-electron chi connectivity index (χ3n) is 2.32. The van der Waals surface area contributed by atoms with Crippen LogP contribution in [0.4, 0.5) is 5.69 Å². The first-order chi connectivity index (χ1) is 7.61. The maximum Gasteiger partial charge on any atom is 0.246 e. The zero-order valence-corrected chi connectivity index (χ0v) is 9.86. The highest BCUT2D eigenvalue weighted by Crippen LogP contribution is 2.09. The normalized spacial score (nSPS) is 9.62. The fourth-order valence-electron chi connectivity index (χ4n) is 1.30. The maximum atomic E-state index is 11.2. The average Bonchev–Trinajstić information content (AvgIpc) is 2.29. The van der Waals surface area contributed by atoms with Gasteiger partial charge in [-0.05, 0) is 19.1 Å². The van der Waals surface area contributed by atoms with Crippen LogP contribution in [0.15, 0.2) is 42.5 Å². The van der Waals surface area contributed by atoms with Crippen LogP contribution in [-0.4, -0.2) is 26.0 Å². The topological polar surface area (TPSA) is 32.3 Å². The minimum absolute atomic E-state index is 0.0820. The molecule has 1 N–H and O–H groups in total. The lowest BCUT2D eigenvalue weighted by atomic mass is 10.3. The van der Waals surface area contributed by atoms with Crippen LogP contribution < -0.4 is 10.2 Å². The molecule has 3 nitrogen and oxygen atoms in total. The molecule has 0 heterocycles. The fraction of sp³-hybridized carbons (Fsp3) is 0.308. The number of likely N-dealkylation sites (N-methyl/N-ethyl adjacent to an activating group) is 1. The van der Waals surface area contributed by atoms with Crippen molar-refractivity contribution in [2.45, 2.75) is 6.92 Å². The molecule has 0 aliphatic carbocycles. The third-order valence-corrected chi connectivity index (χ3v) is 2.32. The van der Waals surface area contributed by atoms with E-state index in [1.54, 1.807) is 6.92 Å². The molecular weight excluding hydrogens is 200 g/mol. The molecule has 0 unspecified atom stereocenters. The first-order valence-corrected chi connectivity index (χ1v) is 5.31. The molecule has 0 fully saturated rings. The summed E-state index contributed by atoms with van der Waals surface area (Å²) < 4.78 is 0. The molecule has 0 saturated carbocycles. The van der Waals surface area contributed by atoms with Gasteiger partial charge in [-0.2, -0.15) is 0 Å². The Morgan fingerprint density at radius 2 is 2.00 bits per heavy atom. The molecule has 0 aromatic heterocycles. The summed E-state index contributed by atoms with van der Waals surface area (Å²) >= 11 is 0.